The van der Waals surface area contributed by atoms with E-state index in [1.807, 2.05) is 78.9 Å². The Hall–Kier alpha value is -3.16. The second-order valence-corrected chi connectivity index (χ2v) is 11.9. The maximum atomic E-state index is 14.2. The molecule has 3 aromatic rings. The van der Waals surface area contributed by atoms with Crippen LogP contribution in [-0.2, 0) is 16.0 Å². The Morgan fingerprint density at radius 2 is 1.74 bits per heavy atom. The summed E-state index contributed by atoms with van der Waals surface area (Å²) < 4.78 is 13.1. The first-order valence-electron chi connectivity index (χ1n) is 13.4. The van der Waals surface area contributed by atoms with Gasteiger partial charge in [-0.05, 0) is 47.7 Å². The molecule has 206 valence electrons. The summed E-state index contributed by atoms with van der Waals surface area (Å²) in [5.74, 6) is 0.957. The van der Waals surface area contributed by atoms with E-state index in [-0.39, 0.29) is 17.9 Å². The fraction of sp³-hybridized carbons (Fsp3) is 0.375. The highest BCUT2D eigenvalue weighted by molar-refractivity contribution is 9.10. The molecule has 2 N–H and O–H groups in total. The maximum absolute atomic E-state index is 14.2. The van der Waals surface area contributed by atoms with E-state index in [0.29, 0.717) is 37.6 Å². The molecule has 1 aliphatic rings. The highest BCUT2D eigenvalue weighted by Crippen LogP contribution is 2.44. The van der Waals surface area contributed by atoms with Crippen molar-refractivity contribution >= 4 is 27.7 Å². The van der Waals surface area contributed by atoms with Crippen molar-refractivity contribution in [2.75, 3.05) is 19.8 Å². The van der Waals surface area contributed by atoms with Crippen LogP contribution in [0, 0.1) is 5.41 Å². The van der Waals surface area contributed by atoms with Gasteiger partial charge in [0.1, 0.15) is 5.75 Å². The molecular formula is C32H37BrN2O4. The first-order valence-corrected chi connectivity index (χ1v) is 14.2. The molecule has 4 rings (SSSR count). The molecule has 0 saturated carbocycles. The largest absolute Gasteiger partial charge is 0.494 e. The number of aliphatic hydroxyl groups is 1. The zero-order valence-electron chi connectivity index (χ0n) is 22.8. The van der Waals surface area contributed by atoms with Crippen molar-refractivity contribution in [1.82, 2.24) is 5.32 Å². The normalized spacial score (nSPS) is 18.8. The fourth-order valence-electron chi connectivity index (χ4n) is 4.56. The summed E-state index contributed by atoms with van der Waals surface area (Å²) in [4.78, 5) is 19.3. The monoisotopic (exact) mass is 592 g/mol. The Labute approximate surface area is 239 Å². The number of halogens is 1. The Bertz CT molecular complexity index is 1270. The molecule has 0 radical (unpaired) electrons. The topological polar surface area (TPSA) is 80.2 Å². The van der Waals surface area contributed by atoms with Crippen LogP contribution in [0.1, 0.15) is 56.4 Å². The second kappa shape index (κ2) is 12.8. The van der Waals surface area contributed by atoms with Gasteiger partial charge in [0.2, 0.25) is 5.90 Å². The molecule has 0 fully saturated rings. The lowest BCUT2D eigenvalue weighted by Gasteiger charge is -2.31. The van der Waals surface area contributed by atoms with Crippen LogP contribution in [-0.4, -0.2) is 42.2 Å². The molecule has 0 aromatic heterocycles. The van der Waals surface area contributed by atoms with E-state index >= 15 is 0 Å². The zero-order chi connectivity index (χ0) is 27.9. The van der Waals surface area contributed by atoms with Crippen molar-refractivity contribution in [3.8, 4) is 5.75 Å². The standard InChI is InChI=1S/C32H37BrN2O4/c1-31(2,3)18-19-34-30(37)32(22-23-10-5-4-6-11-23)28(26-12-7-8-13-27(26)33)39-29(35-32)24-14-16-25(17-15-24)38-21-9-20-36/h4-8,10-17,28,36H,9,18-22H2,1-3H3,(H,34,37)/t28-,32-/m1/s1. The van der Waals surface area contributed by atoms with Crippen molar-refractivity contribution in [3.05, 3.63) is 100 Å². The number of benzene rings is 3. The smallest absolute Gasteiger partial charge is 0.252 e. The number of nitrogens with one attached hydrogen (secondary N) is 1. The summed E-state index contributed by atoms with van der Waals surface area (Å²) in [7, 11) is 0. The number of amides is 1. The number of carbonyl (C=O) groups excluding carboxylic acids is 1. The third-order valence-corrected chi connectivity index (χ3v) is 7.42. The van der Waals surface area contributed by atoms with Gasteiger partial charge in [-0.3, -0.25) is 4.79 Å². The zero-order valence-corrected chi connectivity index (χ0v) is 24.4. The number of ether oxygens (including phenoxy) is 2. The number of hydrogen-bond donors (Lipinski definition) is 2. The molecule has 1 heterocycles. The minimum absolute atomic E-state index is 0.0838. The Kier molecular flexibility index (Phi) is 9.46. The molecule has 7 heteroatoms. The van der Waals surface area contributed by atoms with E-state index in [0.717, 1.165) is 27.6 Å². The predicted molar refractivity (Wildman–Crippen MR) is 158 cm³/mol. The highest BCUT2D eigenvalue weighted by Gasteiger charge is 2.53. The summed E-state index contributed by atoms with van der Waals surface area (Å²) in [6.07, 6.45) is 1.15. The van der Waals surface area contributed by atoms with Crippen molar-refractivity contribution in [3.63, 3.8) is 0 Å². The van der Waals surface area contributed by atoms with Gasteiger partial charge in [-0.25, -0.2) is 4.99 Å². The predicted octanol–water partition coefficient (Wildman–Crippen LogP) is 6.26. The van der Waals surface area contributed by atoms with Gasteiger partial charge in [0.05, 0.1) is 6.61 Å². The van der Waals surface area contributed by atoms with Crippen molar-refractivity contribution in [2.24, 2.45) is 10.4 Å². The molecule has 0 spiro atoms. The molecule has 39 heavy (non-hydrogen) atoms. The molecule has 3 aromatic carbocycles. The van der Waals surface area contributed by atoms with Crippen LogP contribution in [0.25, 0.3) is 0 Å². The Morgan fingerprint density at radius 3 is 2.41 bits per heavy atom. The summed E-state index contributed by atoms with van der Waals surface area (Å²) in [6.45, 7) is 7.55. The molecule has 0 bridgehead atoms. The van der Waals surface area contributed by atoms with Gasteiger partial charge in [-0.2, -0.15) is 0 Å². The van der Waals surface area contributed by atoms with Crippen LogP contribution in [0.3, 0.4) is 0 Å². The van der Waals surface area contributed by atoms with Crippen LogP contribution in [0.2, 0.25) is 0 Å². The van der Waals surface area contributed by atoms with Gasteiger partial charge in [0.25, 0.3) is 5.91 Å². The lowest BCUT2D eigenvalue weighted by atomic mass is 9.81. The number of rotatable bonds is 11. The molecular weight excluding hydrogens is 556 g/mol. The molecule has 1 amide bonds. The Balaban J connectivity index is 1.75. The van der Waals surface area contributed by atoms with Gasteiger partial charge in [-0.15, -0.1) is 0 Å². The summed E-state index contributed by atoms with van der Waals surface area (Å²) in [5, 5.41) is 12.2. The number of nitrogens with zero attached hydrogens (tertiary/aromatic N) is 1. The van der Waals surface area contributed by atoms with Gasteiger partial charge in [0.15, 0.2) is 11.6 Å². The average Bonchev–Trinajstić information content (AvgIpc) is 3.29. The van der Waals surface area contributed by atoms with Crippen molar-refractivity contribution in [2.45, 2.75) is 51.7 Å². The van der Waals surface area contributed by atoms with Crippen molar-refractivity contribution in [1.29, 1.82) is 0 Å². The first kappa shape index (κ1) is 28.8. The summed E-state index contributed by atoms with van der Waals surface area (Å²) >= 11 is 3.69. The fourth-order valence-corrected chi connectivity index (χ4v) is 5.05. The molecule has 6 nitrogen and oxygen atoms in total. The van der Waals surface area contributed by atoms with Crippen LogP contribution >= 0.6 is 15.9 Å². The lowest BCUT2D eigenvalue weighted by Crippen LogP contribution is -2.50. The second-order valence-electron chi connectivity index (χ2n) is 11.0. The Morgan fingerprint density at radius 1 is 1.05 bits per heavy atom. The molecule has 2 atom stereocenters. The minimum Gasteiger partial charge on any atom is -0.494 e. The van der Waals surface area contributed by atoms with Crippen molar-refractivity contribution < 1.29 is 19.4 Å². The number of aliphatic imine (C=N–C) groups is 1. The molecule has 0 unspecified atom stereocenters. The van der Waals surface area contributed by atoms with E-state index in [4.69, 9.17) is 19.6 Å². The van der Waals surface area contributed by atoms with Gasteiger partial charge >= 0.3 is 0 Å². The first-order chi connectivity index (χ1) is 18.7. The van der Waals surface area contributed by atoms with Crippen LogP contribution in [0.5, 0.6) is 5.75 Å². The van der Waals surface area contributed by atoms with Gasteiger partial charge in [-0.1, -0.05) is 85.2 Å². The van der Waals surface area contributed by atoms with Crippen LogP contribution < -0.4 is 10.1 Å². The summed E-state index contributed by atoms with van der Waals surface area (Å²) in [5.41, 5.74) is 1.50. The van der Waals surface area contributed by atoms with E-state index in [1.165, 1.54) is 0 Å². The van der Waals surface area contributed by atoms with E-state index < -0.39 is 11.6 Å². The lowest BCUT2D eigenvalue weighted by molar-refractivity contribution is -0.129. The highest BCUT2D eigenvalue weighted by atomic mass is 79.9. The third kappa shape index (κ3) is 7.28. The van der Waals surface area contributed by atoms with E-state index in [2.05, 4.69) is 42.0 Å². The molecule has 0 aliphatic carbocycles. The summed E-state index contributed by atoms with van der Waals surface area (Å²) in [6, 6.07) is 25.3. The average molecular weight is 594 g/mol. The van der Waals surface area contributed by atoms with Gasteiger partial charge in [0, 0.05) is 41.6 Å². The number of carbonyl (C=O) groups is 1. The van der Waals surface area contributed by atoms with E-state index in [9.17, 15) is 4.79 Å². The third-order valence-electron chi connectivity index (χ3n) is 6.69. The van der Waals surface area contributed by atoms with Crippen LogP contribution in [0.4, 0.5) is 0 Å². The molecule has 1 aliphatic heterocycles. The molecule has 0 saturated heterocycles. The SMILES string of the molecule is CC(C)(C)CCNC(=O)[C@]1(Cc2ccccc2)N=C(c2ccc(OCCCO)cc2)O[C@@H]1c1ccccc1Br. The minimum atomic E-state index is -1.21. The van der Waals surface area contributed by atoms with Crippen LogP contribution in [0.15, 0.2) is 88.3 Å². The quantitative estimate of drug-likeness (QED) is 0.257. The van der Waals surface area contributed by atoms with Gasteiger partial charge < -0.3 is 19.9 Å². The number of aliphatic hydroxyl groups excluding tert-OH is 1. The maximum Gasteiger partial charge on any atom is 0.252 e. The number of hydrogen-bond acceptors (Lipinski definition) is 5. The van der Waals surface area contributed by atoms with E-state index in [1.54, 1.807) is 0 Å².